The summed E-state index contributed by atoms with van der Waals surface area (Å²) in [6.45, 7) is 8.48. The van der Waals surface area contributed by atoms with E-state index in [2.05, 4.69) is 38.7 Å². The summed E-state index contributed by atoms with van der Waals surface area (Å²) in [6, 6.07) is 0. The Morgan fingerprint density at radius 1 is 1.23 bits per heavy atom. The number of aryl methyl sites for hydroxylation is 1. The van der Waals surface area contributed by atoms with Gasteiger partial charge in [0.15, 0.2) is 5.96 Å². The van der Waals surface area contributed by atoms with Crippen molar-refractivity contribution < 1.29 is 4.74 Å². The molecule has 0 spiro atoms. The lowest BCUT2D eigenvalue weighted by Gasteiger charge is -2.48. The number of morpholine rings is 1. The second-order valence-electron chi connectivity index (χ2n) is 7.52. The molecule has 0 bridgehead atoms. The van der Waals surface area contributed by atoms with E-state index in [9.17, 15) is 0 Å². The van der Waals surface area contributed by atoms with E-state index in [1.165, 1.54) is 37.7 Å². The number of rotatable bonds is 6. The van der Waals surface area contributed by atoms with Crippen LogP contribution in [0, 0.1) is 6.92 Å². The minimum absolute atomic E-state index is 0.249. The zero-order valence-corrected chi connectivity index (χ0v) is 16.3. The number of nitrogens with zero attached hydrogens (tertiary/aromatic N) is 4. The van der Waals surface area contributed by atoms with Crippen LogP contribution in [0.1, 0.15) is 37.7 Å². The van der Waals surface area contributed by atoms with Gasteiger partial charge < -0.3 is 15.4 Å². The fourth-order valence-electron chi connectivity index (χ4n) is 4.20. The van der Waals surface area contributed by atoms with Gasteiger partial charge >= 0.3 is 0 Å². The number of guanidine groups is 1. The molecule has 7 nitrogen and oxygen atoms in total. The minimum atomic E-state index is 0.249. The first-order chi connectivity index (χ1) is 12.7. The van der Waals surface area contributed by atoms with Gasteiger partial charge in [0.25, 0.3) is 0 Å². The summed E-state index contributed by atoms with van der Waals surface area (Å²) in [5, 5.41) is 11.3. The average Bonchev–Trinajstić information content (AvgIpc) is 3.11. The van der Waals surface area contributed by atoms with Crippen LogP contribution in [0.5, 0.6) is 0 Å². The third-order valence-electron chi connectivity index (χ3n) is 5.67. The average molecular weight is 363 g/mol. The van der Waals surface area contributed by atoms with Gasteiger partial charge in [-0.05, 0) is 25.3 Å². The number of ether oxygens (including phenoxy) is 1. The summed E-state index contributed by atoms with van der Waals surface area (Å²) in [7, 11) is 1.84. The molecule has 1 saturated heterocycles. The third kappa shape index (κ3) is 4.98. The zero-order valence-electron chi connectivity index (χ0n) is 16.3. The van der Waals surface area contributed by atoms with Gasteiger partial charge in [-0.3, -0.25) is 14.6 Å². The normalized spacial score (nSPS) is 21.5. The smallest absolute Gasteiger partial charge is 0.191 e. The van der Waals surface area contributed by atoms with Crippen molar-refractivity contribution in [3.8, 4) is 0 Å². The molecule has 0 unspecified atom stereocenters. The van der Waals surface area contributed by atoms with Crippen molar-refractivity contribution in [2.24, 2.45) is 4.99 Å². The lowest BCUT2D eigenvalue weighted by Crippen LogP contribution is -2.60. The summed E-state index contributed by atoms with van der Waals surface area (Å²) in [4.78, 5) is 7.06. The van der Waals surface area contributed by atoms with Crippen LogP contribution < -0.4 is 10.6 Å². The third-order valence-corrected chi connectivity index (χ3v) is 5.67. The minimum Gasteiger partial charge on any atom is -0.379 e. The molecule has 146 valence electrons. The van der Waals surface area contributed by atoms with Crippen molar-refractivity contribution in [2.75, 3.05) is 46.4 Å². The topological polar surface area (TPSA) is 66.7 Å². The monoisotopic (exact) mass is 362 g/mol. The van der Waals surface area contributed by atoms with E-state index >= 15 is 0 Å². The van der Waals surface area contributed by atoms with Crippen LogP contribution in [0.15, 0.2) is 17.4 Å². The van der Waals surface area contributed by atoms with Gasteiger partial charge in [-0.2, -0.15) is 5.10 Å². The Bertz CT molecular complexity index is 572. The molecule has 0 atom stereocenters. The number of hydrogen-bond acceptors (Lipinski definition) is 4. The molecule has 2 heterocycles. The molecule has 0 aromatic carbocycles. The predicted molar refractivity (Wildman–Crippen MR) is 105 cm³/mol. The van der Waals surface area contributed by atoms with Crippen LogP contribution in [0.2, 0.25) is 0 Å². The van der Waals surface area contributed by atoms with E-state index in [-0.39, 0.29) is 5.54 Å². The van der Waals surface area contributed by atoms with Gasteiger partial charge in [-0.25, -0.2) is 0 Å². The fraction of sp³-hybridized carbons (Fsp3) is 0.789. The molecule has 1 aliphatic carbocycles. The van der Waals surface area contributed by atoms with E-state index in [0.717, 1.165) is 51.9 Å². The highest BCUT2D eigenvalue weighted by molar-refractivity contribution is 5.79. The van der Waals surface area contributed by atoms with Gasteiger partial charge in [0.2, 0.25) is 0 Å². The molecule has 3 rings (SSSR count). The second kappa shape index (κ2) is 9.37. The molecule has 2 aliphatic rings. The Kier molecular flexibility index (Phi) is 6.91. The number of aliphatic imine (C=N–C) groups is 1. The van der Waals surface area contributed by atoms with Crippen LogP contribution in [-0.2, 0) is 11.3 Å². The Labute approximate surface area is 157 Å². The first-order valence-corrected chi connectivity index (χ1v) is 9.98. The first-order valence-electron chi connectivity index (χ1n) is 9.98. The van der Waals surface area contributed by atoms with Gasteiger partial charge in [-0.15, -0.1) is 0 Å². The molecule has 0 radical (unpaired) electrons. The highest BCUT2D eigenvalue weighted by Gasteiger charge is 2.38. The van der Waals surface area contributed by atoms with Crippen LogP contribution in [0.4, 0.5) is 0 Å². The van der Waals surface area contributed by atoms with Crippen LogP contribution in [0.25, 0.3) is 0 Å². The lowest BCUT2D eigenvalue weighted by atomic mass is 9.80. The van der Waals surface area contributed by atoms with Crippen LogP contribution >= 0.6 is 0 Å². The van der Waals surface area contributed by atoms with Gasteiger partial charge in [-0.1, -0.05) is 19.3 Å². The van der Waals surface area contributed by atoms with Crippen molar-refractivity contribution in [1.82, 2.24) is 25.3 Å². The van der Waals surface area contributed by atoms with Crippen LogP contribution in [-0.4, -0.2) is 72.6 Å². The Morgan fingerprint density at radius 2 is 2.00 bits per heavy atom. The highest BCUT2D eigenvalue weighted by atomic mass is 16.5. The molecule has 1 aliphatic heterocycles. The van der Waals surface area contributed by atoms with Crippen molar-refractivity contribution in [1.29, 1.82) is 0 Å². The fourth-order valence-corrected chi connectivity index (χ4v) is 4.20. The molecular formula is C19H34N6O. The Morgan fingerprint density at radius 3 is 2.65 bits per heavy atom. The van der Waals surface area contributed by atoms with Crippen molar-refractivity contribution >= 4 is 5.96 Å². The number of aromatic nitrogens is 2. The molecule has 0 amide bonds. The molecule has 7 heteroatoms. The predicted octanol–water partition coefficient (Wildman–Crippen LogP) is 1.39. The van der Waals surface area contributed by atoms with E-state index in [0.29, 0.717) is 0 Å². The zero-order chi connectivity index (χ0) is 18.2. The maximum Gasteiger partial charge on any atom is 0.191 e. The molecule has 2 N–H and O–H groups in total. The molecule has 2 fully saturated rings. The molecule has 1 aromatic rings. The maximum absolute atomic E-state index is 5.57. The van der Waals surface area contributed by atoms with Gasteiger partial charge in [0, 0.05) is 45.0 Å². The van der Waals surface area contributed by atoms with E-state index in [4.69, 9.17) is 4.74 Å². The van der Waals surface area contributed by atoms with Crippen LogP contribution in [0.3, 0.4) is 0 Å². The summed E-state index contributed by atoms with van der Waals surface area (Å²) < 4.78 is 7.54. The first kappa shape index (κ1) is 19.2. The molecule has 26 heavy (non-hydrogen) atoms. The second-order valence-corrected chi connectivity index (χ2v) is 7.52. The van der Waals surface area contributed by atoms with E-state index in [1.807, 2.05) is 17.9 Å². The SMILES string of the molecule is CN=C(NCCn1cc(C)cn1)NCC1(N2CCOCC2)CCCCC1. The van der Waals surface area contributed by atoms with Gasteiger partial charge in [0.05, 0.1) is 26.0 Å². The summed E-state index contributed by atoms with van der Waals surface area (Å²) in [5.74, 6) is 0.882. The van der Waals surface area contributed by atoms with E-state index in [1.54, 1.807) is 0 Å². The Balaban J connectivity index is 1.51. The summed E-state index contributed by atoms with van der Waals surface area (Å²) in [5.41, 5.74) is 1.44. The van der Waals surface area contributed by atoms with Crippen molar-refractivity contribution in [3.05, 3.63) is 18.0 Å². The molecular weight excluding hydrogens is 328 g/mol. The largest absolute Gasteiger partial charge is 0.379 e. The molecule has 1 saturated carbocycles. The van der Waals surface area contributed by atoms with Crippen molar-refractivity contribution in [3.63, 3.8) is 0 Å². The summed E-state index contributed by atoms with van der Waals surface area (Å²) in [6.07, 6.45) is 10.5. The highest BCUT2D eigenvalue weighted by Crippen LogP contribution is 2.33. The summed E-state index contributed by atoms with van der Waals surface area (Å²) >= 11 is 0. The lowest BCUT2D eigenvalue weighted by molar-refractivity contribution is -0.0352. The van der Waals surface area contributed by atoms with Crippen molar-refractivity contribution in [2.45, 2.75) is 51.1 Å². The van der Waals surface area contributed by atoms with E-state index < -0.39 is 0 Å². The maximum atomic E-state index is 5.57. The standard InChI is InChI=1S/C19H34N6O/c1-17-14-23-25(15-17)9-8-21-18(20-2)22-16-19(6-4-3-5-7-19)24-10-12-26-13-11-24/h14-15H,3-13,16H2,1-2H3,(H2,20,21,22). The van der Waals surface area contributed by atoms with Gasteiger partial charge in [0.1, 0.15) is 0 Å². The number of nitrogens with one attached hydrogen (secondary N) is 2. The quantitative estimate of drug-likeness (QED) is 0.591. The Hall–Kier alpha value is -1.60. The molecule has 1 aromatic heterocycles. The number of hydrogen-bond donors (Lipinski definition) is 2.